The van der Waals surface area contributed by atoms with Crippen molar-refractivity contribution in [1.29, 1.82) is 0 Å². The summed E-state index contributed by atoms with van der Waals surface area (Å²) >= 11 is 0. The van der Waals surface area contributed by atoms with Crippen molar-refractivity contribution in [3.8, 4) is 0 Å². The zero-order chi connectivity index (χ0) is 42.4. The summed E-state index contributed by atoms with van der Waals surface area (Å²) in [6, 6.07) is 9.76. The molecule has 1 saturated carbocycles. The number of nitrogens with one attached hydrogen (secondary N) is 4. The summed E-state index contributed by atoms with van der Waals surface area (Å²) in [6.07, 6.45) is 8.93. The van der Waals surface area contributed by atoms with E-state index >= 15 is 0 Å². The number of benzene rings is 1. The molecule has 4 amide bonds. The molecule has 16 nitrogen and oxygen atoms in total. The lowest BCUT2D eigenvalue weighted by molar-refractivity contribution is -0.129. The number of hydrogen-bond acceptors (Lipinski definition) is 12. The molecule has 0 bridgehead atoms. The van der Waals surface area contributed by atoms with E-state index in [0.717, 1.165) is 50.5 Å². The van der Waals surface area contributed by atoms with E-state index in [0.29, 0.717) is 118 Å². The summed E-state index contributed by atoms with van der Waals surface area (Å²) in [5.74, 6) is -0.325. The monoisotopic (exact) mass is 839 g/mol. The van der Waals surface area contributed by atoms with E-state index in [9.17, 15) is 19.2 Å². The van der Waals surface area contributed by atoms with E-state index in [2.05, 4.69) is 28.2 Å². The van der Waals surface area contributed by atoms with Gasteiger partial charge < -0.3 is 59.2 Å². The zero-order valence-corrected chi connectivity index (χ0v) is 35.8. The van der Waals surface area contributed by atoms with Crippen LogP contribution in [0.3, 0.4) is 0 Å². The Bertz CT molecular complexity index is 1210. The summed E-state index contributed by atoms with van der Waals surface area (Å²) in [4.78, 5) is 48.2. The standard InChI is InChI=1S/C43H74N4O12/c1-36(10-9-17-59-35-42(50)46-33-40(48)45-34-41(49)47-37(2)32-38-11-5-3-6-12-38)15-18-52-20-22-54-24-26-56-28-30-58-31-29-57-27-25-55-23-21-53-19-16-44-43(51)39-13-7-4-8-14-39/h3,5-6,11-12,36-37,39H,4,7-10,13-35H2,1-2H3,(H,44,51)(H,45,48)(H,46,50)(H,47,49). The van der Waals surface area contributed by atoms with Gasteiger partial charge in [-0.05, 0) is 56.9 Å². The van der Waals surface area contributed by atoms with Crippen molar-refractivity contribution in [3.05, 3.63) is 35.9 Å². The highest BCUT2D eigenvalue weighted by atomic mass is 16.6. The number of hydrogen-bond donors (Lipinski definition) is 4. The van der Waals surface area contributed by atoms with Gasteiger partial charge in [0.1, 0.15) is 6.61 Å². The molecule has 338 valence electrons. The highest BCUT2D eigenvalue weighted by Crippen LogP contribution is 2.23. The molecule has 0 spiro atoms. The molecule has 4 N–H and O–H groups in total. The van der Waals surface area contributed by atoms with Gasteiger partial charge in [-0.2, -0.15) is 0 Å². The molecule has 0 heterocycles. The molecule has 0 aromatic heterocycles. The van der Waals surface area contributed by atoms with E-state index in [4.69, 9.17) is 37.9 Å². The Balaban J connectivity index is 1.22. The third-order valence-electron chi connectivity index (χ3n) is 9.41. The molecular weight excluding hydrogens is 764 g/mol. The van der Waals surface area contributed by atoms with E-state index in [1.54, 1.807) is 0 Å². The fourth-order valence-electron chi connectivity index (χ4n) is 6.12. The average molecular weight is 839 g/mol. The normalized spacial score (nSPS) is 14.1. The van der Waals surface area contributed by atoms with Gasteiger partial charge in [-0.3, -0.25) is 19.2 Å². The van der Waals surface area contributed by atoms with Crippen LogP contribution in [0, 0.1) is 11.8 Å². The fourth-order valence-corrected chi connectivity index (χ4v) is 6.12. The number of rotatable bonds is 38. The van der Waals surface area contributed by atoms with Crippen LogP contribution in [0.4, 0.5) is 0 Å². The Morgan fingerprint density at radius 2 is 1.07 bits per heavy atom. The molecule has 1 aromatic carbocycles. The second-order valence-corrected chi connectivity index (χ2v) is 14.7. The Hall–Kier alpha value is -3.22. The molecule has 1 aliphatic rings. The van der Waals surface area contributed by atoms with Crippen molar-refractivity contribution < 1.29 is 57.1 Å². The molecule has 1 aliphatic carbocycles. The Morgan fingerprint density at radius 1 is 0.559 bits per heavy atom. The Kier molecular flexibility index (Phi) is 32.2. The van der Waals surface area contributed by atoms with Crippen LogP contribution < -0.4 is 21.3 Å². The minimum absolute atomic E-state index is 0.0734. The maximum atomic E-state index is 12.1. The molecule has 0 aliphatic heterocycles. The number of carbonyl (C=O) groups is 4. The van der Waals surface area contributed by atoms with Crippen molar-refractivity contribution in [2.75, 3.05) is 125 Å². The predicted octanol–water partition coefficient (Wildman–Crippen LogP) is 2.60. The first kappa shape index (κ1) is 51.9. The van der Waals surface area contributed by atoms with Crippen LogP contribution in [-0.2, 0) is 63.5 Å². The minimum atomic E-state index is -0.445. The third-order valence-corrected chi connectivity index (χ3v) is 9.41. The molecule has 59 heavy (non-hydrogen) atoms. The van der Waals surface area contributed by atoms with Crippen LogP contribution in [0.15, 0.2) is 30.3 Å². The van der Waals surface area contributed by atoms with Crippen LogP contribution in [0.25, 0.3) is 0 Å². The maximum Gasteiger partial charge on any atom is 0.246 e. The van der Waals surface area contributed by atoms with Gasteiger partial charge in [0.15, 0.2) is 0 Å². The number of amides is 4. The third kappa shape index (κ3) is 31.3. The molecular formula is C43H74N4O12. The number of ether oxygens (including phenoxy) is 8. The van der Waals surface area contributed by atoms with Crippen molar-refractivity contribution in [2.24, 2.45) is 11.8 Å². The van der Waals surface area contributed by atoms with Gasteiger partial charge in [-0.15, -0.1) is 0 Å². The summed E-state index contributed by atoms with van der Waals surface area (Å²) in [5, 5.41) is 10.8. The fraction of sp³-hybridized carbons (Fsp3) is 0.767. The van der Waals surface area contributed by atoms with Crippen LogP contribution >= 0.6 is 0 Å². The number of carbonyl (C=O) groups excluding carboxylic acids is 4. The van der Waals surface area contributed by atoms with Crippen molar-refractivity contribution in [2.45, 2.75) is 77.7 Å². The summed E-state index contributed by atoms with van der Waals surface area (Å²) < 4.78 is 44.2. The van der Waals surface area contributed by atoms with Crippen LogP contribution in [0.1, 0.15) is 70.8 Å². The highest BCUT2D eigenvalue weighted by Gasteiger charge is 2.20. The van der Waals surface area contributed by atoms with Crippen LogP contribution in [-0.4, -0.2) is 155 Å². The molecule has 0 radical (unpaired) electrons. The van der Waals surface area contributed by atoms with Gasteiger partial charge in [0, 0.05) is 31.7 Å². The Morgan fingerprint density at radius 3 is 1.64 bits per heavy atom. The Labute approximate surface area is 352 Å². The minimum Gasteiger partial charge on any atom is -0.379 e. The van der Waals surface area contributed by atoms with Gasteiger partial charge >= 0.3 is 0 Å². The maximum absolute atomic E-state index is 12.1. The molecule has 2 rings (SSSR count). The van der Waals surface area contributed by atoms with Crippen molar-refractivity contribution >= 4 is 23.6 Å². The van der Waals surface area contributed by atoms with E-state index in [1.165, 1.54) is 6.42 Å². The highest BCUT2D eigenvalue weighted by molar-refractivity contribution is 5.88. The first-order valence-corrected chi connectivity index (χ1v) is 21.6. The van der Waals surface area contributed by atoms with E-state index in [1.807, 2.05) is 37.3 Å². The van der Waals surface area contributed by atoms with Crippen LogP contribution in [0.2, 0.25) is 0 Å². The molecule has 0 saturated heterocycles. The van der Waals surface area contributed by atoms with Crippen molar-refractivity contribution in [3.63, 3.8) is 0 Å². The summed E-state index contributed by atoms with van der Waals surface area (Å²) in [5.41, 5.74) is 1.12. The lowest BCUT2D eigenvalue weighted by Crippen LogP contribution is -2.44. The SMILES string of the molecule is CC(CCCOCC(=O)NCC(=O)NCC(=O)NC(C)Cc1ccccc1)CCOCCOCCOCCOCCOCCOCCOCCNC(=O)C1CCCCC1. The smallest absolute Gasteiger partial charge is 0.246 e. The van der Waals surface area contributed by atoms with Gasteiger partial charge in [-0.1, -0.05) is 56.5 Å². The van der Waals surface area contributed by atoms with Crippen molar-refractivity contribution in [1.82, 2.24) is 21.3 Å². The lowest BCUT2D eigenvalue weighted by Gasteiger charge is -2.20. The quantitative estimate of drug-likeness (QED) is 0.0714. The first-order valence-electron chi connectivity index (χ1n) is 21.6. The summed E-state index contributed by atoms with van der Waals surface area (Å²) in [7, 11) is 0. The molecule has 1 fully saturated rings. The lowest BCUT2D eigenvalue weighted by atomic mass is 9.89. The van der Waals surface area contributed by atoms with Gasteiger partial charge in [0.05, 0.1) is 99.0 Å². The van der Waals surface area contributed by atoms with E-state index < -0.39 is 5.91 Å². The second-order valence-electron chi connectivity index (χ2n) is 14.7. The first-order chi connectivity index (χ1) is 28.8. The molecule has 16 heteroatoms. The van der Waals surface area contributed by atoms with Crippen LogP contribution in [0.5, 0.6) is 0 Å². The second kappa shape index (κ2) is 36.6. The van der Waals surface area contributed by atoms with Gasteiger partial charge in [0.25, 0.3) is 0 Å². The van der Waals surface area contributed by atoms with Gasteiger partial charge in [0.2, 0.25) is 23.6 Å². The largest absolute Gasteiger partial charge is 0.379 e. The molecule has 1 aromatic rings. The molecule has 2 atom stereocenters. The van der Waals surface area contributed by atoms with E-state index in [-0.39, 0.29) is 49.4 Å². The molecule has 2 unspecified atom stereocenters. The average Bonchev–Trinajstić information content (AvgIpc) is 3.24. The predicted molar refractivity (Wildman–Crippen MR) is 223 cm³/mol. The zero-order valence-electron chi connectivity index (χ0n) is 35.8. The summed E-state index contributed by atoms with van der Waals surface area (Å²) in [6.45, 7) is 11.6. The topological polar surface area (TPSA) is 190 Å². The van der Waals surface area contributed by atoms with Gasteiger partial charge in [-0.25, -0.2) is 0 Å².